The quantitative estimate of drug-likeness (QED) is 0.771. The van der Waals surface area contributed by atoms with Gasteiger partial charge in [0, 0.05) is 43.9 Å². The van der Waals surface area contributed by atoms with Gasteiger partial charge >= 0.3 is 0 Å². The minimum atomic E-state index is -0.274. The van der Waals surface area contributed by atoms with E-state index < -0.39 is 0 Å². The van der Waals surface area contributed by atoms with Crippen LogP contribution in [0.3, 0.4) is 0 Å². The SMILES string of the molecule is CN1C(=O)C[C@@H](N2CCN(c3cccc(Cl)c3)CC2)C1=O. The predicted molar refractivity (Wildman–Crippen MR) is 81.4 cm³/mol. The van der Waals surface area contributed by atoms with Crippen LogP contribution in [-0.4, -0.2) is 60.9 Å². The number of halogens is 1. The molecule has 2 aliphatic rings. The molecule has 3 rings (SSSR count). The van der Waals surface area contributed by atoms with Crippen LogP contribution in [-0.2, 0) is 9.59 Å². The molecule has 0 aromatic heterocycles. The first-order valence-electron chi connectivity index (χ1n) is 7.11. The zero-order valence-corrected chi connectivity index (χ0v) is 12.7. The lowest BCUT2D eigenvalue weighted by molar-refractivity contribution is -0.138. The summed E-state index contributed by atoms with van der Waals surface area (Å²) in [6.07, 6.45) is 0.312. The second kappa shape index (κ2) is 5.66. The fourth-order valence-corrected chi connectivity index (χ4v) is 3.17. The number of benzene rings is 1. The summed E-state index contributed by atoms with van der Waals surface area (Å²) in [6.45, 7) is 3.23. The summed E-state index contributed by atoms with van der Waals surface area (Å²) in [5.41, 5.74) is 1.10. The van der Waals surface area contributed by atoms with E-state index in [1.54, 1.807) is 7.05 Å². The lowest BCUT2D eigenvalue weighted by Crippen LogP contribution is -2.52. The van der Waals surface area contributed by atoms with Gasteiger partial charge in [0.15, 0.2) is 0 Å². The van der Waals surface area contributed by atoms with Crippen molar-refractivity contribution in [1.29, 1.82) is 0 Å². The predicted octanol–water partition coefficient (Wildman–Crippen LogP) is 1.22. The second-order valence-electron chi connectivity index (χ2n) is 5.51. The van der Waals surface area contributed by atoms with Crippen LogP contribution in [0.2, 0.25) is 5.02 Å². The van der Waals surface area contributed by atoms with Crippen LogP contribution in [0.4, 0.5) is 5.69 Å². The highest BCUT2D eigenvalue weighted by molar-refractivity contribution is 6.30. The summed E-state index contributed by atoms with van der Waals surface area (Å²) in [7, 11) is 1.56. The van der Waals surface area contributed by atoms with E-state index in [4.69, 9.17) is 11.6 Å². The molecule has 2 aliphatic heterocycles. The van der Waals surface area contributed by atoms with Crippen LogP contribution in [0.25, 0.3) is 0 Å². The molecule has 21 heavy (non-hydrogen) atoms. The van der Waals surface area contributed by atoms with Gasteiger partial charge in [0.1, 0.15) is 0 Å². The first-order valence-corrected chi connectivity index (χ1v) is 7.49. The van der Waals surface area contributed by atoms with Gasteiger partial charge in [-0.15, -0.1) is 0 Å². The van der Waals surface area contributed by atoms with E-state index in [1.807, 2.05) is 24.3 Å². The van der Waals surface area contributed by atoms with Gasteiger partial charge in [0.2, 0.25) is 11.8 Å². The van der Waals surface area contributed by atoms with E-state index in [0.717, 1.165) is 36.9 Å². The lowest BCUT2D eigenvalue weighted by Gasteiger charge is -2.38. The van der Waals surface area contributed by atoms with Gasteiger partial charge in [-0.2, -0.15) is 0 Å². The normalized spacial score (nSPS) is 24.0. The maximum atomic E-state index is 12.0. The summed E-state index contributed by atoms with van der Waals surface area (Å²) < 4.78 is 0. The number of hydrogen-bond donors (Lipinski definition) is 0. The molecule has 1 aromatic carbocycles. The molecule has 112 valence electrons. The standard InChI is InChI=1S/C15H18ClN3O2/c1-17-14(20)10-13(15(17)21)19-7-5-18(6-8-19)12-4-2-3-11(16)9-12/h2-4,9,13H,5-8,10H2,1H3/t13-/m1/s1. The summed E-state index contributed by atoms with van der Waals surface area (Å²) in [6, 6.07) is 7.52. The number of hydrogen-bond acceptors (Lipinski definition) is 4. The van der Waals surface area contributed by atoms with Crippen LogP contribution in [0.5, 0.6) is 0 Å². The Balaban J connectivity index is 1.63. The Kier molecular flexibility index (Phi) is 3.87. The Morgan fingerprint density at radius 2 is 1.86 bits per heavy atom. The van der Waals surface area contributed by atoms with Crippen molar-refractivity contribution >= 4 is 29.1 Å². The molecule has 1 aromatic rings. The molecular formula is C15H18ClN3O2. The van der Waals surface area contributed by atoms with Crippen molar-refractivity contribution in [3.8, 4) is 0 Å². The minimum Gasteiger partial charge on any atom is -0.369 e. The summed E-state index contributed by atoms with van der Waals surface area (Å²) >= 11 is 6.02. The summed E-state index contributed by atoms with van der Waals surface area (Å²) in [4.78, 5) is 29.3. The summed E-state index contributed by atoms with van der Waals surface area (Å²) in [5, 5.41) is 0.730. The van der Waals surface area contributed by atoms with Gasteiger partial charge in [-0.3, -0.25) is 19.4 Å². The van der Waals surface area contributed by atoms with Crippen LogP contribution in [0.1, 0.15) is 6.42 Å². The number of carbonyl (C=O) groups excluding carboxylic acids is 2. The van der Waals surface area contributed by atoms with E-state index in [0.29, 0.717) is 6.42 Å². The highest BCUT2D eigenvalue weighted by atomic mass is 35.5. The Morgan fingerprint density at radius 3 is 2.43 bits per heavy atom. The zero-order valence-electron chi connectivity index (χ0n) is 12.0. The number of likely N-dealkylation sites (N-methyl/N-ethyl adjacent to an activating group) is 1. The summed E-state index contributed by atoms with van der Waals surface area (Å²) in [5.74, 6) is -0.154. The fourth-order valence-electron chi connectivity index (χ4n) is 2.99. The maximum Gasteiger partial charge on any atom is 0.246 e. The Bertz CT molecular complexity index is 570. The van der Waals surface area contributed by atoms with E-state index >= 15 is 0 Å². The number of rotatable bonds is 2. The van der Waals surface area contributed by atoms with Crippen molar-refractivity contribution < 1.29 is 9.59 Å². The van der Waals surface area contributed by atoms with Gasteiger partial charge in [-0.1, -0.05) is 17.7 Å². The Morgan fingerprint density at radius 1 is 1.14 bits per heavy atom. The van der Waals surface area contributed by atoms with Crippen molar-refractivity contribution in [2.75, 3.05) is 38.1 Å². The average Bonchev–Trinajstić information content (AvgIpc) is 2.75. The number of amides is 2. The molecule has 0 aliphatic carbocycles. The topological polar surface area (TPSA) is 43.9 Å². The molecule has 0 saturated carbocycles. The number of carbonyl (C=O) groups is 2. The average molecular weight is 308 g/mol. The van der Waals surface area contributed by atoms with Crippen LogP contribution < -0.4 is 4.90 Å². The van der Waals surface area contributed by atoms with Crippen molar-refractivity contribution in [3.63, 3.8) is 0 Å². The van der Waals surface area contributed by atoms with Gasteiger partial charge in [-0.05, 0) is 18.2 Å². The van der Waals surface area contributed by atoms with Crippen molar-refractivity contribution in [2.24, 2.45) is 0 Å². The molecule has 5 nitrogen and oxygen atoms in total. The first kappa shape index (κ1) is 14.4. The first-order chi connectivity index (χ1) is 10.1. The molecule has 2 saturated heterocycles. The third-order valence-corrected chi connectivity index (χ3v) is 4.52. The van der Waals surface area contributed by atoms with E-state index in [-0.39, 0.29) is 17.9 Å². The molecule has 0 radical (unpaired) electrons. The molecule has 2 heterocycles. The molecule has 6 heteroatoms. The zero-order chi connectivity index (χ0) is 15.0. The Labute approximate surface area is 129 Å². The molecule has 2 amide bonds. The number of anilines is 1. The molecule has 1 atom stereocenters. The van der Waals surface area contributed by atoms with Crippen molar-refractivity contribution in [2.45, 2.75) is 12.5 Å². The van der Waals surface area contributed by atoms with E-state index in [9.17, 15) is 9.59 Å². The Hall–Kier alpha value is -1.59. The molecule has 0 spiro atoms. The van der Waals surface area contributed by atoms with Crippen LogP contribution in [0, 0.1) is 0 Å². The lowest BCUT2D eigenvalue weighted by atomic mass is 10.1. The largest absolute Gasteiger partial charge is 0.369 e. The van der Waals surface area contributed by atoms with Crippen LogP contribution >= 0.6 is 11.6 Å². The molecule has 0 bridgehead atoms. The highest BCUT2D eigenvalue weighted by Gasteiger charge is 2.40. The molecule has 0 unspecified atom stereocenters. The van der Waals surface area contributed by atoms with Gasteiger partial charge in [0.05, 0.1) is 12.5 Å². The van der Waals surface area contributed by atoms with Crippen LogP contribution in [0.15, 0.2) is 24.3 Å². The molecular weight excluding hydrogens is 290 g/mol. The third-order valence-electron chi connectivity index (χ3n) is 4.29. The highest BCUT2D eigenvalue weighted by Crippen LogP contribution is 2.23. The van der Waals surface area contributed by atoms with E-state index in [2.05, 4.69) is 9.80 Å². The van der Waals surface area contributed by atoms with Crippen molar-refractivity contribution in [1.82, 2.24) is 9.80 Å². The van der Waals surface area contributed by atoms with Crippen molar-refractivity contribution in [3.05, 3.63) is 29.3 Å². The number of likely N-dealkylation sites (tertiary alicyclic amines) is 1. The minimum absolute atomic E-state index is 0.0730. The molecule has 0 N–H and O–H groups in total. The second-order valence-corrected chi connectivity index (χ2v) is 5.95. The molecule has 2 fully saturated rings. The third kappa shape index (κ3) is 2.76. The number of imide groups is 1. The maximum absolute atomic E-state index is 12.0. The van der Waals surface area contributed by atoms with E-state index in [1.165, 1.54) is 4.90 Å². The van der Waals surface area contributed by atoms with Gasteiger partial charge < -0.3 is 4.90 Å². The monoisotopic (exact) mass is 307 g/mol. The fraction of sp³-hybridized carbons (Fsp3) is 0.467. The number of piperazine rings is 1. The number of nitrogens with zero attached hydrogens (tertiary/aromatic N) is 3. The smallest absolute Gasteiger partial charge is 0.246 e. The van der Waals surface area contributed by atoms with Gasteiger partial charge in [0.25, 0.3) is 0 Å². The van der Waals surface area contributed by atoms with Gasteiger partial charge in [-0.25, -0.2) is 0 Å².